The Hall–Kier alpha value is -1.24. The molecule has 0 aliphatic carbocycles. The summed E-state index contributed by atoms with van der Waals surface area (Å²) < 4.78 is 36.0. The largest absolute Gasteiger partial charge is 0.398 e. The smallest absolute Gasteiger partial charge is 0.393 e. The average Bonchev–Trinajstić information content (AvgIpc) is 1.92. The molecular formula is C6H9F3N4. The fourth-order valence-corrected chi connectivity index (χ4v) is 0.932. The summed E-state index contributed by atoms with van der Waals surface area (Å²) in [6.07, 6.45) is -3.37. The Morgan fingerprint density at radius 3 is 2.62 bits per heavy atom. The standard InChI is InChI=1S/C6H9F3N4/c7-6(8,9)2-5(11)4(10)1-12-3-13-5/h1,3H,2,10-11H2,(H,12,13). The van der Waals surface area contributed by atoms with Gasteiger partial charge in [0.25, 0.3) is 0 Å². The molecule has 7 heteroatoms. The Morgan fingerprint density at radius 1 is 1.54 bits per heavy atom. The average molecular weight is 194 g/mol. The molecule has 0 fully saturated rings. The summed E-state index contributed by atoms with van der Waals surface area (Å²) in [6.45, 7) is 0. The molecule has 1 aliphatic heterocycles. The van der Waals surface area contributed by atoms with Crippen LogP contribution in [0.4, 0.5) is 13.2 Å². The van der Waals surface area contributed by atoms with Gasteiger partial charge in [0.2, 0.25) is 0 Å². The van der Waals surface area contributed by atoms with Crippen LogP contribution in [0, 0.1) is 0 Å². The second-order valence-electron chi connectivity index (χ2n) is 2.74. The second-order valence-corrected chi connectivity index (χ2v) is 2.74. The van der Waals surface area contributed by atoms with Crippen LogP contribution in [0.2, 0.25) is 0 Å². The van der Waals surface area contributed by atoms with E-state index >= 15 is 0 Å². The molecule has 13 heavy (non-hydrogen) atoms. The second kappa shape index (κ2) is 2.91. The highest BCUT2D eigenvalue weighted by atomic mass is 19.4. The lowest BCUT2D eigenvalue weighted by Crippen LogP contribution is -2.49. The first-order valence-electron chi connectivity index (χ1n) is 3.45. The van der Waals surface area contributed by atoms with Crippen LogP contribution in [0.15, 0.2) is 16.9 Å². The lowest BCUT2D eigenvalue weighted by molar-refractivity contribution is -0.144. The van der Waals surface area contributed by atoms with E-state index in [2.05, 4.69) is 10.3 Å². The number of nitrogens with one attached hydrogen (secondary N) is 1. The van der Waals surface area contributed by atoms with Crippen LogP contribution in [-0.2, 0) is 0 Å². The normalized spacial score (nSPS) is 28.2. The number of halogens is 3. The summed E-state index contributed by atoms with van der Waals surface area (Å²) in [4.78, 5) is 3.46. The van der Waals surface area contributed by atoms with E-state index in [0.29, 0.717) is 0 Å². The maximum atomic E-state index is 12.0. The molecule has 0 amide bonds. The Kier molecular flexibility index (Phi) is 2.21. The monoisotopic (exact) mass is 194 g/mol. The molecule has 0 spiro atoms. The number of aliphatic imine (C=N–C) groups is 1. The Labute approximate surface area is 72.5 Å². The van der Waals surface area contributed by atoms with Gasteiger partial charge in [0.05, 0.1) is 18.5 Å². The van der Waals surface area contributed by atoms with Crippen molar-refractivity contribution < 1.29 is 13.2 Å². The zero-order chi connectivity index (χ0) is 10.1. The van der Waals surface area contributed by atoms with Gasteiger partial charge in [0.15, 0.2) is 5.66 Å². The van der Waals surface area contributed by atoms with E-state index in [1.54, 1.807) is 0 Å². The van der Waals surface area contributed by atoms with E-state index < -0.39 is 18.3 Å². The van der Waals surface area contributed by atoms with Crippen molar-refractivity contribution in [2.45, 2.75) is 18.3 Å². The summed E-state index contributed by atoms with van der Waals surface area (Å²) in [6, 6.07) is 0. The summed E-state index contributed by atoms with van der Waals surface area (Å²) in [7, 11) is 0. The number of alkyl halides is 3. The molecule has 1 unspecified atom stereocenters. The molecule has 0 saturated heterocycles. The molecule has 0 aromatic carbocycles. The van der Waals surface area contributed by atoms with E-state index in [1.165, 1.54) is 6.20 Å². The summed E-state index contributed by atoms with van der Waals surface area (Å²) in [5.74, 6) is 0. The first-order chi connectivity index (χ1) is 5.83. The van der Waals surface area contributed by atoms with Gasteiger partial charge in [-0.15, -0.1) is 0 Å². The number of nitrogens with zero attached hydrogens (tertiary/aromatic N) is 1. The Morgan fingerprint density at radius 2 is 2.15 bits per heavy atom. The van der Waals surface area contributed by atoms with E-state index in [9.17, 15) is 13.2 Å². The Bertz CT molecular complexity index is 257. The van der Waals surface area contributed by atoms with Crippen LogP contribution in [-0.4, -0.2) is 18.2 Å². The van der Waals surface area contributed by atoms with Crippen molar-refractivity contribution in [3.05, 3.63) is 11.9 Å². The van der Waals surface area contributed by atoms with Gasteiger partial charge >= 0.3 is 6.18 Å². The van der Waals surface area contributed by atoms with E-state index in [1.807, 2.05) is 0 Å². The summed E-state index contributed by atoms with van der Waals surface area (Å²) in [5.41, 5.74) is 8.63. The fraction of sp³-hybridized carbons (Fsp3) is 0.500. The van der Waals surface area contributed by atoms with Crippen molar-refractivity contribution in [3.8, 4) is 0 Å². The van der Waals surface area contributed by atoms with Gasteiger partial charge in [-0.25, -0.2) is 4.99 Å². The van der Waals surface area contributed by atoms with Crippen molar-refractivity contribution in [1.82, 2.24) is 5.32 Å². The highest BCUT2D eigenvalue weighted by Crippen LogP contribution is 2.30. The minimum atomic E-state index is -4.39. The number of hydrogen-bond acceptors (Lipinski definition) is 4. The van der Waals surface area contributed by atoms with Crippen LogP contribution in [0.3, 0.4) is 0 Å². The van der Waals surface area contributed by atoms with Gasteiger partial charge in [0.1, 0.15) is 0 Å². The topological polar surface area (TPSA) is 76.4 Å². The zero-order valence-electron chi connectivity index (χ0n) is 6.60. The molecule has 0 bridgehead atoms. The third-order valence-corrected chi connectivity index (χ3v) is 1.58. The van der Waals surface area contributed by atoms with Crippen molar-refractivity contribution in [2.24, 2.45) is 16.5 Å². The number of nitrogens with two attached hydrogens (primary N) is 2. The molecule has 74 valence electrons. The van der Waals surface area contributed by atoms with Crippen LogP contribution >= 0.6 is 0 Å². The molecule has 0 radical (unpaired) electrons. The maximum absolute atomic E-state index is 12.0. The van der Waals surface area contributed by atoms with E-state index in [4.69, 9.17) is 11.5 Å². The predicted octanol–water partition coefficient (Wildman–Crippen LogP) is 0.0254. The SMILES string of the molecule is NC1=CNC=NC1(N)CC(F)(F)F. The molecule has 5 N–H and O–H groups in total. The lowest BCUT2D eigenvalue weighted by Gasteiger charge is -2.28. The van der Waals surface area contributed by atoms with Crippen molar-refractivity contribution >= 4 is 6.34 Å². The fourth-order valence-electron chi connectivity index (χ4n) is 0.932. The summed E-state index contributed by atoms with van der Waals surface area (Å²) >= 11 is 0. The van der Waals surface area contributed by atoms with Gasteiger partial charge in [-0.1, -0.05) is 0 Å². The van der Waals surface area contributed by atoms with Crippen molar-refractivity contribution in [2.75, 3.05) is 0 Å². The molecular weight excluding hydrogens is 185 g/mol. The van der Waals surface area contributed by atoms with Crippen LogP contribution in [0.5, 0.6) is 0 Å². The van der Waals surface area contributed by atoms with E-state index in [0.717, 1.165) is 6.34 Å². The van der Waals surface area contributed by atoms with Gasteiger partial charge < -0.3 is 16.8 Å². The highest BCUT2D eigenvalue weighted by molar-refractivity contribution is 5.59. The molecule has 4 nitrogen and oxygen atoms in total. The zero-order valence-corrected chi connectivity index (χ0v) is 6.60. The first-order valence-corrected chi connectivity index (χ1v) is 3.45. The first kappa shape index (κ1) is 9.85. The molecule has 0 aromatic rings. The van der Waals surface area contributed by atoms with Gasteiger partial charge in [-0.3, -0.25) is 0 Å². The molecule has 0 saturated carbocycles. The van der Waals surface area contributed by atoms with Crippen LogP contribution < -0.4 is 16.8 Å². The van der Waals surface area contributed by atoms with Crippen LogP contribution in [0.1, 0.15) is 6.42 Å². The van der Waals surface area contributed by atoms with Crippen molar-refractivity contribution in [1.29, 1.82) is 0 Å². The van der Waals surface area contributed by atoms with Gasteiger partial charge in [-0.05, 0) is 0 Å². The maximum Gasteiger partial charge on any atom is 0.393 e. The molecule has 0 aromatic heterocycles. The molecule has 1 heterocycles. The van der Waals surface area contributed by atoms with E-state index in [-0.39, 0.29) is 5.70 Å². The summed E-state index contributed by atoms with van der Waals surface area (Å²) in [5, 5.41) is 2.45. The molecule has 1 atom stereocenters. The highest BCUT2D eigenvalue weighted by Gasteiger charge is 2.42. The minimum Gasteiger partial charge on any atom is -0.398 e. The molecule has 1 aliphatic rings. The third kappa shape index (κ3) is 2.35. The van der Waals surface area contributed by atoms with Gasteiger partial charge in [-0.2, -0.15) is 13.2 Å². The number of rotatable bonds is 1. The van der Waals surface area contributed by atoms with Crippen molar-refractivity contribution in [3.63, 3.8) is 0 Å². The minimum absolute atomic E-state index is 0.132. The lowest BCUT2D eigenvalue weighted by atomic mass is 10.0. The Balaban J connectivity index is 2.81. The predicted molar refractivity (Wildman–Crippen MR) is 41.5 cm³/mol. The quantitative estimate of drug-likeness (QED) is 0.551. The number of hydrogen-bond donors (Lipinski definition) is 3. The third-order valence-electron chi connectivity index (χ3n) is 1.58. The molecule has 1 rings (SSSR count). The van der Waals surface area contributed by atoms with Crippen LogP contribution in [0.25, 0.3) is 0 Å². The van der Waals surface area contributed by atoms with Gasteiger partial charge in [0, 0.05) is 6.20 Å².